The zero-order chi connectivity index (χ0) is 16.2. The zero-order valence-corrected chi connectivity index (χ0v) is 12.8. The fourth-order valence-corrected chi connectivity index (χ4v) is 3.00. The molecule has 0 aliphatic carbocycles. The molecule has 7 nitrogen and oxygen atoms in total. The molecule has 0 spiro atoms. The topological polar surface area (TPSA) is 103 Å². The SMILES string of the molecule is NC(O)C(Cc1ccccc1)NC(=O)OC1COC2OCCC12. The van der Waals surface area contributed by atoms with Crippen LogP contribution in [0.1, 0.15) is 12.0 Å². The predicted molar refractivity (Wildman–Crippen MR) is 81.3 cm³/mol. The maximum absolute atomic E-state index is 12.1. The third-order valence-electron chi connectivity index (χ3n) is 4.26. The molecular weight excluding hydrogens is 300 g/mol. The first kappa shape index (κ1) is 16.2. The Morgan fingerprint density at radius 1 is 1.39 bits per heavy atom. The van der Waals surface area contributed by atoms with Gasteiger partial charge >= 0.3 is 6.09 Å². The third kappa shape index (κ3) is 4.00. The summed E-state index contributed by atoms with van der Waals surface area (Å²) in [5.41, 5.74) is 6.54. The van der Waals surface area contributed by atoms with E-state index in [0.717, 1.165) is 12.0 Å². The maximum Gasteiger partial charge on any atom is 0.407 e. The molecule has 1 amide bonds. The second-order valence-electron chi connectivity index (χ2n) is 5.90. The van der Waals surface area contributed by atoms with E-state index in [1.807, 2.05) is 30.3 Å². The summed E-state index contributed by atoms with van der Waals surface area (Å²) in [5, 5.41) is 12.3. The standard InChI is InChI=1S/C16H22N2O5/c17-14(19)12(8-10-4-2-1-3-5-10)18-16(20)23-13-9-22-15-11(13)6-7-21-15/h1-5,11-15,19H,6-9,17H2,(H,18,20). The van der Waals surface area contributed by atoms with Gasteiger partial charge in [-0.2, -0.15) is 0 Å². The summed E-state index contributed by atoms with van der Waals surface area (Å²) in [6.45, 7) is 0.951. The normalized spacial score (nSPS) is 28.9. The van der Waals surface area contributed by atoms with Gasteiger partial charge in [0.25, 0.3) is 0 Å². The molecule has 0 radical (unpaired) electrons. The lowest BCUT2D eigenvalue weighted by molar-refractivity contribution is -0.0907. The van der Waals surface area contributed by atoms with Crippen molar-refractivity contribution in [2.75, 3.05) is 13.2 Å². The number of carbonyl (C=O) groups is 1. The van der Waals surface area contributed by atoms with Crippen molar-refractivity contribution in [2.24, 2.45) is 11.7 Å². The van der Waals surface area contributed by atoms with Crippen molar-refractivity contribution in [3.63, 3.8) is 0 Å². The Kier molecular flexibility index (Phi) is 5.12. The second kappa shape index (κ2) is 7.27. The first-order valence-corrected chi connectivity index (χ1v) is 7.81. The van der Waals surface area contributed by atoms with Gasteiger partial charge in [-0.25, -0.2) is 4.79 Å². The number of nitrogens with one attached hydrogen (secondary N) is 1. The lowest BCUT2D eigenvalue weighted by atomic mass is 10.0. The van der Waals surface area contributed by atoms with E-state index in [1.54, 1.807) is 0 Å². The summed E-state index contributed by atoms with van der Waals surface area (Å²) in [6, 6.07) is 8.89. The van der Waals surface area contributed by atoms with Crippen LogP contribution in [0, 0.1) is 5.92 Å². The van der Waals surface area contributed by atoms with Gasteiger partial charge in [0.2, 0.25) is 0 Å². The van der Waals surface area contributed by atoms with Crippen LogP contribution in [0.5, 0.6) is 0 Å². The molecule has 126 valence electrons. The summed E-state index contributed by atoms with van der Waals surface area (Å²) in [4.78, 5) is 12.1. The van der Waals surface area contributed by atoms with Gasteiger partial charge in [-0.15, -0.1) is 0 Å². The van der Waals surface area contributed by atoms with Gasteiger partial charge < -0.3 is 30.4 Å². The van der Waals surface area contributed by atoms with Crippen LogP contribution in [0.15, 0.2) is 30.3 Å². The van der Waals surface area contributed by atoms with Crippen molar-refractivity contribution in [3.05, 3.63) is 35.9 Å². The molecule has 1 aromatic carbocycles. The van der Waals surface area contributed by atoms with Crippen LogP contribution in [-0.2, 0) is 20.6 Å². The number of carbonyl (C=O) groups excluding carboxylic acids is 1. The van der Waals surface area contributed by atoms with Crippen molar-refractivity contribution in [2.45, 2.75) is 37.5 Å². The van der Waals surface area contributed by atoms with Crippen molar-refractivity contribution in [3.8, 4) is 0 Å². The largest absolute Gasteiger partial charge is 0.443 e. The van der Waals surface area contributed by atoms with Crippen LogP contribution in [-0.4, -0.2) is 49.1 Å². The lowest BCUT2D eigenvalue weighted by Crippen LogP contribution is -2.50. The van der Waals surface area contributed by atoms with Gasteiger partial charge in [0.1, 0.15) is 12.3 Å². The van der Waals surface area contributed by atoms with Crippen molar-refractivity contribution in [1.29, 1.82) is 0 Å². The number of amides is 1. The van der Waals surface area contributed by atoms with Crippen LogP contribution in [0.4, 0.5) is 4.79 Å². The number of aliphatic hydroxyl groups is 1. The Bertz CT molecular complexity index is 524. The minimum Gasteiger partial charge on any atom is -0.443 e. The number of nitrogens with two attached hydrogens (primary N) is 1. The van der Waals surface area contributed by atoms with E-state index in [0.29, 0.717) is 19.6 Å². The Hall–Kier alpha value is -1.67. The van der Waals surface area contributed by atoms with E-state index in [-0.39, 0.29) is 18.3 Å². The molecule has 5 atom stereocenters. The number of fused-ring (bicyclic) bond motifs is 1. The molecule has 23 heavy (non-hydrogen) atoms. The van der Waals surface area contributed by atoms with E-state index < -0.39 is 18.4 Å². The monoisotopic (exact) mass is 322 g/mol. The predicted octanol–water partition coefficient (Wildman–Crippen LogP) is 0.362. The van der Waals surface area contributed by atoms with E-state index in [1.165, 1.54) is 0 Å². The Balaban J connectivity index is 1.54. The zero-order valence-electron chi connectivity index (χ0n) is 12.8. The van der Waals surface area contributed by atoms with E-state index in [2.05, 4.69) is 5.32 Å². The van der Waals surface area contributed by atoms with Crippen molar-refractivity contribution < 1.29 is 24.1 Å². The van der Waals surface area contributed by atoms with Crippen LogP contribution < -0.4 is 11.1 Å². The van der Waals surface area contributed by atoms with E-state index in [9.17, 15) is 9.90 Å². The van der Waals surface area contributed by atoms with Crippen molar-refractivity contribution in [1.82, 2.24) is 5.32 Å². The Labute approximate surface area is 134 Å². The molecule has 2 aliphatic rings. The molecule has 0 bridgehead atoms. The fourth-order valence-electron chi connectivity index (χ4n) is 3.00. The summed E-state index contributed by atoms with van der Waals surface area (Å²) in [5.74, 6) is 0.0797. The third-order valence-corrected chi connectivity index (χ3v) is 4.26. The molecule has 0 aromatic heterocycles. The molecular formula is C16H22N2O5. The number of ether oxygens (including phenoxy) is 3. The highest BCUT2D eigenvalue weighted by atomic mass is 16.7. The second-order valence-corrected chi connectivity index (χ2v) is 5.90. The summed E-state index contributed by atoms with van der Waals surface area (Å²) >= 11 is 0. The minimum atomic E-state index is -1.18. The maximum atomic E-state index is 12.1. The highest BCUT2D eigenvalue weighted by Gasteiger charge is 2.44. The highest BCUT2D eigenvalue weighted by molar-refractivity contribution is 5.68. The molecule has 1 aromatic rings. The minimum absolute atomic E-state index is 0.0797. The Morgan fingerprint density at radius 3 is 2.91 bits per heavy atom. The number of hydrogen-bond acceptors (Lipinski definition) is 6. The van der Waals surface area contributed by atoms with Gasteiger partial charge in [-0.1, -0.05) is 30.3 Å². The summed E-state index contributed by atoms with van der Waals surface area (Å²) < 4.78 is 16.3. The number of rotatable bonds is 5. The van der Waals surface area contributed by atoms with Gasteiger partial charge in [-0.3, -0.25) is 0 Å². The molecule has 2 aliphatic heterocycles. The molecule has 7 heteroatoms. The molecule has 5 unspecified atom stereocenters. The molecule has 2 fully saturated rings. The molecule has 3 rings (SSSR count). The van der Waals surface area contributed by atoms with Gasteiger partial charge in [0, 0.05) is 0 Å². The number of aliphatic hydroxyl groups excluding tert-OH is 1. The van der Waals surface area contributed by atoms with Gasteiger partial charge in [-0.05, 0) is 18.4 Å². The van der Waals surface area contributed by atoms with Crippen LogP contribution in [0.3, 0.4) is 0 Å². The average Bonchev–Trinajstić information content (AvgIpc) is 3.13. The average molecular weight is 322 g/mol. The van der Waals surface area contributed by atoms with Gasteiger partial charge in [0.15, 0.2) is 6.29 Å². The number of alkyl carbamates (subject to hydrolysis) is 1. The summed E-state index contributed by atoms with van der Waals surface area (Å²) in [6.07, 6.45) is -1.14. The van der Waals surface area contributed by atoms with Crippen LogP contribution >= 0.6 is 0 Å². The van der Waals surface area contributed by atoms with Gasteiger partial charge in [0.05, 0.1) is 25.2 Å². The Morgan fingerprint density at radius 2 is 2.17 bits per heavy atom. The molecule has 2 heterocycles. The van der Waals surface area contributed by atoms with Crippen LogP contribution in [0.25, 0.3) is 0 Å². The van der Waals surface area contributed by atoms with E-state index in [4.69, 9.17) is 19.9 Å². The lowest BCUT2D eigenvalue weighted by Gasteiger charge is -2.23. The first-order chi connectivity index (χ1) is 11.1. The van der Waals surface area contributed by atoms with E-state index >= 15 is 0 Å². The highest BCUT2D eigenvalue weighted by Crippen LogP contribution is 2.32. The number of hydrogen-bond donors (Lipinski definition) is 3. The first-order valence-electron chi connectivity index (χ1n) is 7.81. The smallest absolute Gasteiger partial charge is 0.407 e. The van der Waals surface area contributed by atoms with Crippen molar-refractivity contribution >= 4 is 6.09 Å². The molecule has 2 saturated heterocycles. The number of benzene rings is 1. The molecule has 4 N–H and O–H groups in total. The fraction of sp³-hybridized carbons (Fsp3) is 0.562. The quantitative estimate of drug-likeness (QED) is 0.677. The van der Waals surface area contributed by atoms with Crippen LogP contribution in [0.2, 0.25) is 0 Å². The summed E-state index contributed by atoms with van der Waals surface area (Å²) in [7, 11) is 0. The molecule has 0 saturated carbocycles.